The van der Waals surface area contributed by atoms with E-state index in [9.17, 15) is 9.59 Å². The van der Waals surface area contributed by atoms with E-state index >= 15 is 0 Å². The lowest BCUT2D eigenvalue weighted by Gasteiger charge is -2.20. The summed E-state index contributed by atoms with van der Waals surface area (Å²) in [5, 5.41) is 8.45. The van der Waals surface area contributed by atoms with Crippen LogP contribution in [-0.2, 0) is 9.59 Å². The zero-order valence-electron chi connectivity index (χ0n) is 8.33. The second kappa shape index (κ2) is 5.70. The summed E-state index contributed by atoms with van der Waals surface area (Å²) in [5.41, 5.74) is 1.59. The lowest BCUT2D eigenvalue weighted by Crippen LogP contribution is -2.35. The zero-order chi connectivity index (χ0) is 10.4. The van der Waals surface area contributed by atoms with Gasteiger partial charge in [0.1, 0.15) is 5.78 Å². The van der Waals surface area contributed by atoms with Gasteiger partial charge in [-0.1, -0.05) is 13.8 Å². The van der Waals surface area contributed by atoms with Crippen molar-refractivity contribution in [2.24, 2.45) is 11.8 Å². The van der Waals surface area contributed by atoms with Gasteiger partial charge < -0.3 is 0 Å². The highest BCUT2D eigenvalue weighted by Gasteiger charge is 2.28. The SMILES string of the molecule is CCC(C(C)=O)C(CC)C(=O)NO. The van der Waals surface area contributed by atoms with Gasteiger partial charge in [0.25, 0.3) is 0 Å². The highest BCUT2D eigenvalue weighted by molar-refractivity contribution is 5.86. The van der Waals surface area contributed by atoms with Crippen LogP contribution in [0.25, 0.3) is 0 Å². The summed E-state index contributed by atoms with van der Waals surface area (Å²) < 4.78 is 0. The van der Waals surface area contributed by atoms with Gasteiger partial charge in [-0.05, 0) is 19.8 Å². The molecule has 0 rings (SSSR count). The minimum absolute atomic E-state index is 0.00190. The Bertz CT molecular complexity index is 191. The van der Waals surface area contributed by atoms with Gasteiger partial charge in [0.05, 0.1) is 0 Å². The Morgan fingerprint density at radius 1 is 1.23 bits per heavy atom. The number of Topliss-reactive ketones (excluding diaryl/α,β-unsaturated/α-hetero) is 1. The fourth-order valence-corrected chi connectivity index (χ4v) is 1.59. The van der Waals surface area contributed by atoms with E-state index in [1.165, 1.54) is 6.92 Å². The van der Waals surface area contributed by atoms with E-state index in [1.807, 2.05) is 13.8 Å². The quantitative estimate of drug-likeness (QED) is 0.501. The summed E-state index contributed by atoms with van der Waals surface area (Å²) in [7, 11) is 0. The van der Waals surface area contributed by atoms with Crippen LogP contribution in [0.1, 0.15) is 33.6 Å². The Labute approximate surface area is 78.3 Å². The van der Waals surface area contributed by atoms with E-state index in [4.69, 9.17) is 5.21 Å². The number of hydrogen-bond donors (Lipinski definition) is 2. The third-order valence-electron chi connectivity index (χ3n) is 2.33. The van der Waals surface area contributed by atoms with Gasteiger partial charge in [-0.15, -0.1) is 0 Å². The van der Waals surface area contributed by atoms with Crippen LogP contribution in [0, 0.1) is 11.8 Å². The normalized spacial score (nSPS) is 14.8. The maximum absolute atomic E-state index is 11.1. The molecular weight excluding hydrogens is 170 g/mol. The molecule has 2 N–H and O–H groups in total. The smallest absolute Gasteiger partial charge is 0.247 e. The summed E-state index contributed by atoms with van der Waals surface area (Å²) in [5.74, 6) is -1.16. The molecule has 0 aromatic carbocycles. The summed E-state index contributed by atoms with van der Waals surface area (Å²) in [6.07, 6.45) is 1.19. The summed E-state index contributed by atoms with van der Waals surface area (Å²) >= 11 is 0. The van der Waals surface area contributed by atoms with Crippen molar-refractivity contribution in [2.45, 2.75) is 33.6 Å². The maximum atomic E-state index is 11.1. The first-order chi connectivity index (χ1) is 6.08. The number of nitrogens with one attached hydrogen (secondary N) is 1. The van der Waals surface area contributed by atoms with Gasteiger partial charge >= 0.3 is 0 Å². The third kappa shape index (κ3) is 3.14. The number of rotatable bonds is 5. The van der Waals surface area contributed by atoms with Crippen LogP contribution in [-0.4, -0.2) is 16.9 Å². The molecule has 4 heteroatoms. The summed E-state index contributed by atoms with van der Waals surface area (Å²) in [6.45, 7) is 5.16. The number of hydroxylamine groups is 1. The molecule has 0 aliphatic heterocycles. The average Bonchev–Trinajstić information content (AvgIpc) is 2.12. The van der Waals surface area contributed by atoms with E-state index in [2.05, 4.69) is 0 Å². The van der Waals surface area contributed by atoms with Crippen molar-refractivity contribution >= 4 is 11.7 Å². The molecule has 0 aliphatic rings. The molecular formula is C9H17NO3. The molecule has 0 aromatic heterocycles. The second-order valence-corrected chi connectivity index (χ2v) is 3.12. The van der Waals surface area contributed by atoms with Crippen LogP contribution >= 0.6 is 0 Å². The molecule has 0 aromatic rings. The summed E-state index contributed by atoms with van der Waals surface area (Å²) in [6, 6.07) is 0. The number of carbonyl (C=O) groups excluding carboxylic acids is 2. The van der Waals surface area contributed by atoms with E-state index in [0.29, 0.717) is 12.8 Å². The average molecular weight is 187 g/mol. The minimum Gasteiger partial charge on any atom is -0.300 e. The Morgan fingerprint density at radius 3 is 1.92 bits per heavy atom. The fourth-order valence-electron chi connectivity index (χ4n) is 1.59. The Hall–Kier alpha value is -0.900. The van der Waals surface area contributed by atoms with Crippen LogP contribution in [0.15, 0.2) is 0 Å². The topological polar surface area (TPSA) is 66.4 Å². The maximum Gasteiger partial charge on any atom is 0.247 e. The van der Waals surface area contributed by atoms with Gasteiger partial charge in [-0.25, -0.2) is 5.48 Å². The molecule has 0 saturated carbocycles. The van der Waals surface area contributed by atoms with Crippen molar-refractivity contribution in [3.63, 3.8) is 0 Å². The first kappa shape index (κ1) is 12.1. The van der Waals surface area contributed by atoms with Crippen LogP contribution in [0.4, 0.5) is 0 Å². The van der Waals surface area contributed by atoms with Crippen molar-refractivity contribution in [1.29, 1.82) is 0 Å². The molecule has 0 aliphatic carbocycles. The van der Waals surface area contributed by atoms with Gasteiger partial charge in [0, 0.05) is 11.8 Å². The molecule has 0 saturated heterocycles. The Balaban J connectivity index is 4.52. The molecule has 1 amide bonds. The summed E-state index contributed by atoms with van der Waals surface area (Å²) in [4.78, 5) is 22.3. The predicted molar refractivity (Wildman–Crippen MR) is 48.2 cm³/mol. The Kier molecular flexibility index (Phi) is 5.30. The molecule has 0 heterocycles. The fraction of sp³-hybridized carbons (Fsp3) is 0.778. The monoisotopic (exact) mass is 187 g/mol. The molecule has 0 bridgehead atoms. The highest BCUT2D eigenvalue weighted by Crippen LogP contribution is 2.20. The zero-order valence-corrected chi connectivity index (χ0v) is 8.33. The van der Waals surface area contributed by atoms with E-state index in [-0.39, 0.29) is 11.7 Å². The number of ketones is 1. The number of amides is 1. The number of hydrogen-bond acceptors (Lipinski definition) is 3. The lowest BCUT2D eigenvalue weighted by molar-refractivity contribution is -0.139. The van der Waals surface area contributed by atoms with Gasteiger partial charge in [0.15, 0.2) is 0 Å². The van der Waals surface area contributed by atoms with Crippen molar-refractivity contribution in [2.75, 3.05) is 0 Å². The molecule has 2 unspecified atom stereocenters. The standard InChI is InChI=1S/C9H17NO3/c1-4-7(6(3)11)8(5-2)9(12)10-13/h7-8,13H,4-5H2,1-3H3,(H,10,12). The van der Waals surface area contributed by atoms with Crippen molar-refractivity contribution in [1.82, 2.24) is 5.48 Å². The largest absolute Gasteiger partial charge is 0.300 e. The molecule has 2 atom stereocenters. The molecule has 0 radical (unpaired) electrons. The molecule has 13 heavy (non-hydrogen) atoms. The second-order valence-electron chi connectivity index (χ2n) is 3.12. The van der Waals surface area contributed by atoms with Crippen LogP contribution in [0.2, 0.25) is 0 Å². The first-order valence-corrected chi connectivity index (χ1v) is 4.52. The molecule has 0 fully saturated rings. The Morgan fingerprint density at radius 2 is 1.69 bits per heavy atom. The first-order valence-electron chi connectivity index (χ1n) is 4.52. The van der Waals surface area contributed by atoms with Gasteiger partial charge in [-0.3, -0.25) is 14.8 Å². The third-order valence-corrected chi connectivity index (χ3v) is 2.33. The molecule has 4 nitrogen and oxygen atoms in total. The molecule has 76 valence electrons. The molecule has 0 spiro atoms. The highest BCUT2D eigenvalue weighted by atomic mass is 16.5. The van der Waals surface area contributed by atoms with E-state index in [1.54, 1.807) is 5.48 Å². The van der Waals surface area contributed by atoms with Gasteiger partial charge in [-0.2, -0.15) is 0 Å². The van der Waals surface area contributed by atoms with Gasteiger partial charge in [0.2, 0.25) is 5.91 Å². The van der Waals surface area contributed by atoms with Crippen molar-refractivity contribution in [3.05, 3.63) is 0 Å². The van der Waals surface area contributed by atoms with Crippen LogP contribution in [0.5, 0.6) is 0 Å². The number of carbonyl (C=O) groups is 2. The van der Waals surface area contributed by atoms with Crippen molar-refractivity contribution in [3.8, 4) is 0 Å². The van der Waals surface area contributed by atoms with E-state index < -0.39 is 11.8 Å². The van der Waals surface area contributed by atoms with Crippen molar-refractivity contribution < 1.29 is 14.8 Å². The lowest BCUT2D eigenvalue weighted by atomic mass is 9.85. The van der Waals surface area contributed by atoms with E-state index in [0.717, 1.165) is 0 Å². The van der Waals surface area contributed by atoms with Crippen LogP contribution < -0.4 is 5.48 Å². The van der Waals surface area contributed by atoms with Crippen LogP contribution in [0.3, 0.4) is 0 Å². The predicted octanol–water partition coefficient (Wildman–Crippen LogP) is 1.13. The minimum atomic E-state index is -0.468.